The molecule has 0 bridgehead atoms. The summed E-state index contributed by atoms with van der Waals surface area (Å²) in [7, 11) is 2.94. The van der Waals surface area contributed by atoms with Crippen LogP contribution in [0, 0.1) is 5.92 Å². The van der Waals surface area contributed by atoms with Gasteiger partial charge in [0.15, 0.2) is 0 Å². The van der Waals surface area contributed by atoms with E-state index in [4.69, 9.17) is 0 Å². The van der Waals surface area contributed by atoms with Crippen LogP contribution in [0.2, 0.25) is 0 Å². The number of hydrogen-bond acceptors (Lipinski definition) is 5. The van der Waals surface area contributed by atoms with Gasteiger partial charge in [-0.1, -0.05) is 6.92 Å². The molecule has 1 aromatic rings. The first-order valence-electron chi connectivity index (χ1n) is 6.05. The highest BCUT2D eigenvalue weighted by Crippen LogP contribution is 2.23. The predicted octanol–water partition coefficient (Wildman–Crippen LogP) is 1.59. The molecule has 1 rings (SSSR count). The van der Waals surface area contributed by atoms with Crippen molar-refractivity contribution in [2.45, 2.75) is 13.8 Å². The van der Waals surface area contributed by atoms with Gasteiger partial charge in [0.05, 0.1) is 22.9 Å². The van der Waals surface area contributed by atoms with E-state index < -0.39 is 0 Å². The lowest BCUT2D eigenvalue weighted by atomic mass is 10.2. The van der Waals surface area contributed by atoms with E-state index in [1.54, 1.807) is 26.1 Å². The number of carbonyl (C=O) groups excluding carboxylic acids is 3. The van der Waals surface area contributed by atoms with Crippen LogP contribution in [0.25, 0.3) is 0 Å². The Labute approximate surface area is 121 Å². The highest BCUT2D eigenvalue weighted by Gasteiger charge is 2.20. The van der Waals surface area contributed by atoms with Gasteiger partial charge in [0.25, 0.3) is 5.91 Å². The summed E-state index contributed by atoms with van der Waals surface area (Å²) in [5, 5.41) is 3.24. The average Bonchev–Trinajstić information content (AvgIpc) is 2.84. The first-order chi connectivity index (χ1) is 9.35. The van der Waals surface area contributed by atoms with E-state index in [0.29, 0.717) is 9.88 Å². The third-order valence-electron chi connectivity index (χ3n) is 2.61. The number of amides is 2. The van der Waals surface area contributed by atoms with Crippen LogP contribution >= 0.6 is 11.3 Å². The van der Waals surface area contributed by atoms with Gasteiger partial charge in [0.2, 0.25) is 5.91 Å². The number of rotatable bonds is 5. The fourth-order valence-corrected chi connectivity index (χ4v) is 2.60. The monoisotopic (exact) mass is 298 g/mol. The molecule has 1 aromatic heterocycles. The molecule has 2 amide bonds. The van der Waals surface area contributed by atoms with Crippen molar-refractivity contribution in [2.24, 2.45) is 5.92 Å². The fraction of sp³-hybridized carbons (Fsp3) is 0.462. The molecule has 7 heteroatoms. The topological polar surface area (TPSA) is 75.7 Å². The van der Waals surface area contributed by atoms with Gasteiger partial charge >= 0.3 is 5.97 Å². The van der Waals surface area contributed by atoms with Gasteiger partial charge in [-0.05, 0) is 12.1 Å². The van der Waals surface area contributed by atoms with Crippen LogP contribution in [-0.4, -0.2) is 43.4 Å². The first-order valence-corrected chi connectivity index (χ1v) is 6.87. The highest BCUT2D eigenvalue weighted by atomic mass is 32.1. The van der Waals surface area contributed by atoms with Crippen LogP contribution in [0.4, 0.5) is 5.00 Å². The molecule has 1 unspecified atom stereocenters. The van der Waals surface area contributed by atoms with Crippen molar-refractivity contribution >= 4 is 34.1 Å². The van der Waals surface area contributed by atoms with E-state index in [0.717, 1.165) is 0 Å². The molecule has 6 nitrogen and oxygen atoms in total. The Morgan fingerprint density at radius 3 is 2.60 bits per heavy atom. The van der Waals surface area contributed by atoms with Crippen molar-refractivity contribution in [3.8, 4) is 0 Å². The zero-order valence-corrected chi connectivity index (χ0v) is 12.7. The molecule has 0 saturated carbocycles. The van der Waals surface area contributed by atoms with Crippen molar-refractivity contribution in [1.29, 1.82) is 0 Å². The molecule has 0 aromatic carbocycles. The average molecular weight is 298 g/mol. The maximum atomic E-state index is 12.2. The van der Waals surface area contributed by atoms with Crippen molar-refractivity contribution < 1.29 is 19.1 Å². The maximum Gasteiger partial charge on any atom is 0.310 e. The summed E-state index contributed by atoms with van der Waals surface area (Å²) in [6.45, 7) is 3.39. The third kappa shape index (κ3) is 4.34. The van der Waals surface area contributed by atoms with Crippen molar-refractivity contribution in [3.63, 3.8) is 0 Å². The summed E-state index contributed by atoms with van der Waals surface area (Å²) in [4.78, 5) is 36.4. The van der Waals surface area contributed by atoms with Gasteiger partial charge in [-0.2, -0.15) is 0 Å². The van der Waals surface area contributed by atoms with Crippen LogP contribution in [0.1, 0.15) is 23.5 Å². The summed E-state index contributed by atoms with van der Waals surface area (Å²) in [5.41, 5.74) is 0. The molecule has 0 saturated heterocycles. The summed E-state index contributed by atoms with van der Waals surface area (Å²) in [6.07, 6.45) is 0. The molecule has 1 heterocycles. The van der Waals surface area contributed by atoms with E-state index in [-0.39, 0.29) is 30.2 Å². The number of nitrogens with zero attached hydrogens (tertiary/aromatic N) is 1. The maximum absolute atomic E-state index is 12.2. The van der Waals surface area contributed by atoms with Crippen LogP contribution in [0.3, 0.4) is 0 Å². The Hall–Kier alpha value is -1.89. The van der Waals surface area contributed by atoms with Crippen LogP contribution in [0.5, 0.6) is 0 Å². The van der Waals surface area contributed by atoms with Gasteiger partial charge < -0.3 is 15.0 Å². The molecular weight excluding hydrogens is 280 g/mol. The number of anilines is 1. The minimum Gasteiger partial charge on any atom is -0.469 e. The number of ether oxygens (including phenoxy) is 1. The van der Waals surface area contributed by atoms with Crippen molar-refractivity contribution in [2.75, 3.05) is 26.0 Å². The molecule has 1 N–H and O–H groups in total. The van der Waals surface area contributed by atoms with Crippen LogP contribution in [0.15, 0.2) is 12.1 Å². The number of nitrogens with one attached hydrogen (secondary N) is 1. The molecule has 0 spiro atoms. The Balaban J connectivity index is 2.67. The number of esters is 1. The Kier molecular flexibility index (Phi) is 5.69. The summed E-state index contributed by atoms with van der Waals surface area (Å²) in [5.74, 6) is -1.11. The number of hydrogen-bond donors (Lipinski definition) is 1. The van der Waals surface area contributed by atoms with Crippen molar-refractivity contribution in [1.82, 2.24) is 4.90 Å². The minimum atomic E-state index is -0.385. The van der Waals surface area contributed by atoms with E-state index in [9.17, 15) is 14.4 Å². The fourth-order valence-electron chi connectivity index (χ4n) is 1.65. The van der Waals surface area contributed by atoms with E-state index in [1.807, 2.05) is 0 Å². The molecule has 0 fully saturated rings. The van der Waals surface area contributed by atoms with E-state index >= 15 is 0 Å². The Bertz CT molecular complexity index is 512. The second-order valence-corrected chi connectivity index (χ2v) is 5.54. The molecule has 0 aliphatic carbocycles. The highest BCUT2D eigenvalue weighted by molar-refractivity contribution is 7.18. The third-order valence-corrected chi connectivity index (χ3v) is 3.60. The van der Waals surface area contributed by atoms with E-state index in [1.165, 1.54) is 30.3 Å². The lowest BCUT2D eigenvalue weighted by Gasteiger charge is -2.19. The SMILES string of the molecule is COC(=O)C(C)CN(C)C(=O)c1ccc(NC(C)=O)s1. The lowest BCUT2D eigenvalue weighted by Crippen LogP contribution is -2.33. The summed E-state index contributed by atoms with van der Waals surface area (Å²) >= 11 is 1.20. The van der Waals surface area contributed by atoms with Gasteiger partial charge in [0.1, 0.15) is 0 Å². The Morgan fingerprint density at radius 1 is 1.40 bits per heavy atom. The predicted molar refractivity (Wildman–Crippen MR) is 76.8 cm³/mol. The molecular formula is C13H18N2O4S. The minimum absolute atomic E-state index is 0.182. The van der Waals surface area contributed by atoms with Crippen LogP contribution in [-0.2, 0) is 14.3 Å². The second-order valence-electron chi connectivity index (χ2n) is 4.45. The Morgan fingerprint density at radius 2 is 2.05 bits per heavy atom. The quantitative estimate of drug-likeness (QED) is 0.838. The smallest absolute Gasteiger partial charge is 0.310 e. The van der Waals surface area contributed by atoms with Gasteiger partial charge in [0, 0.05) is 20.5 Å². The number of carbonyl (C=O) groups is 3. The summed E-state index contributed by atoms with van der Waals surface area (Å²) < 4.78 is 4.62. The van der Waals surface area contributed by atoms with Crippen LogP contribution < -0.4 is 5.32 Å². The van der Waals surface area contributed by atoms with E-state index in [2.05, 4.69) is 10.1 Å². The largest absolute Gasteiger partial charge is 0.469 e. The van der Waals surface area contributed by atoms with Crippen molar-refractivity contribution in [3.05, 3.63) is 17.0 Å². The molecule has 0 aliphatic rings. The number of thiophene rings is 1. The molecule has 0 radical (unpaired) electrons. The van der Waals surface area contributed by atoms with Gasteiger partial charge in [-0.3, -0.25) is 14.4 Å². The molecule has 1 atom stereocenters. The lowest BCUT2D eigenvalue weighted by molar-refractivity contribution is -0.145. The second kappa shape index (κ2) is 7.04. The standard InChI is InChI=1S/C13H18N2O4S/c1-8(13(18)19-4)7-15(3)12(17)10-5-6-11(20-10)14-9(2)16/h5-6,8H,7H2,1-4H3,(H,14,16). The van der Waals surface area contributed by atoms with Gasteiger partial charge in [-0.15, -0.1) is 11.3 Å². The molecule has 110 valence electrons. The zero-order valence-electron chi connectivity index (χ0n) is 11.9. The first kappa shape index (κ1) is 16.2. The van der Waals surface area contributed by atoms with Gasteiger partial charge in [-0.25, -0.2) is 0 Å². The normalized spacial score (nSPS) is 11.6. The number of methoxy groups -OCH3 is 1. The zero-order chi connectivity index (χ0) is 15.3. The molecule has 20 heavy (non-hydrogen) atoms. The summed E-state index contributed by atoms with van der Waals surface area (Å²) in [6, 6.07) is 3.33. The molecule has 0 aliphatic heterocycles.